The molecular weight excluding hydrogens is 361 g/mol. The molecule has 0 aromatic carbocycles. The lowest BCUT2D eigenvalue weighted by Crippen LogP contribution is -2.42. The van der Waals surface area contributed by atoms with Crippen molar-refractivity contribution in [2.24, 2.45) is 0 Å². The molecule has 9 heteroatoms. The lowest BCUT2D eigenvalue weighted by molar-refractivity contribution is -0.137. The summed E-state index contributed by atoms with van der Waals surface area (Å²) in [4.78, 5) is 17.4. The Morgan fingerprint density at radius 1 is 1.40 bits per heavy atom. The molecule has 0 unspecified atom stereocenters. The Labute approximate surface area is 149 Å². The van der Waals surface area contributed by atoms with Crippen LogP contribution in [0.1, 0.15) is 39.2 Å². The number of aromatic nitrogens is 1. The number of hydrogen-bond donors (Lipinski definition) is 0. The van der Waals surface area contributed by atoms with Crippen molar-refractivity contribution in [3.8, 4) is 5.88 Å². The van der Waals surface area contributed by atoms with Crippen LogP contribution in [0, 0.1) is 0 Å². The minimum Gasteiger partial charge on any atom is -0.474 e. The van der Waals surface area contributed by atoms with E-state index in [1.165, 1.54) is 0 Å². The van der Waals surface area contributed by atoms with Gasteiger partial charge in [0.25, 0.3) is 0 Å². The van der Waals surface area contributed by atoms with E-state index in [0.717, 1.165) is 12.5 Å². The van der Waals surface area contributed by atoms with Crippen LogP contribution in [0.4, 0.5) is 18.0 Å². The van der Waals surface area contributed by atoms with Crippen molar-refractivity contribution in [1.29, 1.82) is 0 Å². The number of hydrogen-bond acceptors (Lipinski definition) is 4. The molecule has 1 aromatic heterocycles. The van der Waals surface area contributed by atoms with Crippen LogP contribution in [-0.2, 0) is 10.9 Å². The Bertz CT molecular complexity index is 632. The van der Waals surface area contributed by atoms with Gasteiger partial charge in [-0.2, -0.15) is 13.2 Å². The highest BCUT2D eigenvalue weighted by atomic mass is 35.5. The molecule has 1 aliphatic rings. The molecule has 1 saturated heterocycles. The summed E-state index contributed by atoms with van der Waals surface area (Å²) in [7, 11) is 0. The first-order valence-corrected chi connectivity index (χ1v) is 8.20. The average Bonchev–Trinajstić information content (AvgIpc) is 2.91. The number of rotatable bonds is 3. The molecule has 1 fully saturated rings. The van der Waals surface area contributed by atoms with Gasteiger partial charge in [-0.1, -0.05) is 11.6 Å². The van der Waals surface area contributed by atoms with Gasteiger partial charge >= 0.3 is 12.3 Å². The van der Waals surface area contributed by atoms with Crippen LogP contribution in [0.2, 0.25) is 5.02 Å². The third-order valence-electron chi connectivity index (χ3n) is 3.55. The third-order valence-corrected chi connectivity index (χ3v) is 3.82. The van der Waals surface area contributed by atoms with Gasteiger partial charge in [0.15, 0.2) is 0 Å². The molecule has 5 nitrogen and oxygen atoms in total. The van der Waals surface area contributed by atoms with Gasteiger partial charge in [-0.25, -0.2) is 9.78 Å². The summed E-state index contributed by atoms with van der Waals surface area (Å²) in [6.07, 6.45) is -2.79. The second kappa shape index (κ2) is 7.27. The third kappa shape index (κ3) is 5.39. The molecule has 2 rings (SSSR count). The summed E-state index contributed by atoms with van der Waals surface area (Å²) >= 11 is 5.81. The number of halogens is 4. The van der Waals surface area contributed by atoms with E-state index < -0.39 is 23.4 Å². The maximum absolute atomic E-state index is 12.6. The fraction of sp³-hybridized carbons (Fsp3) is 0.625. The molecule has 1 aliphatic heterocycles. The molecule has 25 heavy (non-hydrogen) atoms. The molecule has 2 heterocycles. The van der Waals surface area contributed by atoms with Gasteiger partial charge < -0.3 is 14.4 Å². The highest BCUT2D eigenvalue weighted by molar-refractivity contribution is 6.31. The van der Waals surface area contributed by atoms with Crippen molar-refractivity contribution < 1.29 is 27.4 Å². The van der Waals surface area contributed by atoms with Crippen molar-refractivity contribution in [1.82, 2.24) is 9.88 Å². The average molecular weight is 381 g/mol. The zero-order chi connectivity index (χ0) is 18.8. The predicted molar refractivity (Wildman–Crippen MR) is 85.7 cm³/mol. The Morgan fingerprint density at radius 3 is 2.64 bits per heavy atom. The summed E-state index contributed by atoms with van der Waals surface area (Å²) in [6, 6.07) is 0.527. The van der Waals surface area contributed by atoms with E-state index in [4.69, 9.17) is 21.1 Å². The fourth-order valence-corrected chi connectivity index (χ4v) is 2.65. The molecule has 1 aromatic rings. The summed E-state index contributed by atoms with van der Waals surface area (Å²) in [5.41, 5.74) is -1.55. The molecule has 1 atom stereocenters. The lowest BCUT2D eigenvalue weighted by Gasteiger charge is -2.28. The van der Waals surface area contributed by atoms with E-state index in [2.05, 4.69) is 4.98 Å². The number of carbonyl (C=O) groups excluding carboxylic acids is 1. The quantitative estimate of drug-likeness (QED) is 0.773. The molecule has 0 aliphatic carbocycles. The van der Waals surface area contributed by atoms with Gasteiger partial charge in [-0.15, -0.1) is 0 Å². The van der Waals surface area contributed by atoms with Crippen LogP contribution in [0.5, 0.6) is 5.88 Å². The topological polar surface area (TPSA) is 51.7 Å². The minimum atomic E-state index is -4.52. The lowest BCUT2D eigenvalue weighted by atomic mass is 10.2. The van der Waals surface area contributed by atoms with Crippen LogP contribution in [0.25, 0.3) is 0 Å². The van der Waals surface area contributed by atoms with Crippen LogP contribution >= 0.6 is 11.6 Å². The first kappa shape index (κ1) is 19.6. The molecule has 0 spiro atoms. The summed E-state index contributed by atoms with van der Waals surface area (Å²) in [5.74, 6) is -0.0919. The summed E-state index contributed by atoms with van der Waals surface area (Å²) in [5, 5.41) is -0.225. The van der Waals surface area contributed by atoms with Crippen molar-refractivity contribution in [3.05, 3.63) is 22.8 Å². The number of alkyl halides is 3. The maximum Gasteiger partial charge on any atom is 0.417 e. The number of likely N-dealkylation sites (tertiary alicyclic amines) is 1. The number of pyridine rings is 1. The highest BCUT2D eigenvalue weighted by Gasteiger charge is 2.34. The van der Waals surface area contributed by atoms with Crippen LogP contribution in [0.15, 0.2) is 12.3 Å². The van der Waals surface area contributed by atoms with Gasteiger partial charge in [0, 0.05) is 12.7 Å². The van der Waals surface area contributed by atoms with E-state index in [1.54, 1.807) is 25.7 Å². The fourth-order valence-electron chi connectivity index (χ4n) is 2.43. The van der Waals surface area contributed by atoms with Gasteiger partial charge in [-0.05, 0) is 39.7 Å². The standard InChI is InChI=1S/C16H20ClF3N2O3/c1-15(2,3)25-14(23)22-6-4-5-11(22)9-24-13-12(17)7-10(8-21-13)16(18,19)20/h7-8,11H,4-6,9H2,1-3H3/t11-/m0/s1. The van der Waals surface area contributed by atoms with E-state index in [-0.39, 0.29) is 23.6 Å². The monoisotopic (exact) mass is 380 g/mol. The molecule has 0 radical (unpaired) electrons. The van der Waals surface area contributed by atoms with Crippen LogP contribution in [-0.4, -0.2) is 40.8 Å². The zero-order valence-electron chi connectivity index (χ0n) is 14.2. The second-order valence-corrected chi connectivity index (χ2v) is 7.20. The number of amides is 1. The summed E-state index contributed by atoms with van der Waals surface area (Å²) < 4.78 is 48.6. The second-order valence-electron chi connectivity index (χ2n) is 6.79. The first-order chi connectivity index (χ1) is 11.5. The van der Waals surface area contributed by atoms with Crippen molar-refractivity contribution in [2.75, 3.05) is 13.2 Å². The smallest absolute Gasteiger partial charge is 0.417 e. The highest BCUT2D eigenvalue weighted by Crippen LogP contribution is 2.33. The normalized spacial score (nSPS) is 18.4. The minimum absolute atomic E-state index is 0.0807. The van der Waals surface area contributed by atoms with Gasteiger partial charge in [0.05, 0.1) is 11.6 Å². The zero-order valence-corrected chi connectivity index (χ0v) is 14.9. The van der Waals surface area contributed by atoms with Gasteiger partial charge in [-0.3, -0.25) is 0 Å². The first-order valence-electron chi connectivity index (χ1n) is 7.82. The SMILES string of the molecule is CC(C)(C)OC(=O)N1CCC[C@H]1COc1ncc(C(F)(F)F)cc1Cl. The van der Waals surface area contributed by atoms with Crippen molar-refractivity contribution in [3.63, 3.8) is 0 Å². The Morgan fingerprint density at radius 2 is 2.08 bits per heavy atom. The van der Waals surface area contributed by atoms with Crippen LogP contribution < -0.4 is 4.74 Å². The molecule has 140 valence electrons. The number of nitrogens with zero attached hydrogens (tertiary/aromatic N) is 2. The van der Waals surface area contributed by atoms with E-state index in [1.807, 2.05) is 0 Å². The Kier molecular flexibility index (Phi) is 5.71. The number of carbonyl (C=O) groups is 1. The predicted octanol–water partition coefficient (Wildman–Crippen LogP) is 4.53. The Hall–Kier alpha value is -1.70. The molecule has 1 amide bonds. The maximum atomic E-state index is 12.6. The van der Waals surface area contributed by atoms with Crippen molar-refractivity contribution in [2.45, 2.75) is 51.4 Å². The van der Waals surface area contributed by atoms with E-state index >= 15 is 0 Å². The summed E-state index contributed by atoms with van der Waals surface area (Å²) in [6.45, 7) is 5.95. The van der Waals surface area contributed by atoms with Crippen LogP contribution in [0.3, 0.4) is 0 Å². The van der Waals surface area contributed by atoms with Crippen molar-refractivity contribution >= 4 is 17.7 Å². The molecule has 0 saturated carbocycles. The molecule has 0 bridgehead atoms. The Balaban J connectivity index is 1.99. The van der Waals surface area contributed by atoms with E-state index in [0.29, 0.717) is 19.2 Å². The molecule has 0 N–H and O–H groups in total. The van der Waals surface area contributed by atoms with Gasteiger partial charge in [0.2, 0.25) is 5.88 Å². The van der Waals surface area contributed by atoms with Gasteiger partial charge in [0.1, 0.15) is 17.2 Å². The number of ether oxygens (including phenoxy) is 2. The molecular formula is C16H20ClF3N2O3. The largest absolute Gasteiger partial charge is 0.474 e. The van der Waals surface area contributed by atoms with E-state index in [9.17, 15) is 18.0 Å².